The molecule has 0 unspecified atom stereocenters. The van der Waals surface area contributed by atoms with E-state index in [4.69, 9.17) is 0 Å². The number of rotatable bonds is 6. The Morgan fingerprint density at radius 2 is 2.13 bits per heavy atom. The Kier molecular flexibility index (Phi) is 5.54. The van der Waals surface area contributed by atoms with Crippen LogP contribution < -0.4 is 11.2 Å². The molecule has 0 aliphatic rings. The Hall–Kier alpha value is -2.15. The van der Waals surface area contributed by atoms with E-state index in [-0.39, 0.29) is 18.5 Å². The van der Waals surface area contributed by atoms with E-state index in [9.17, 15) is 14.4 Å². The topological polar surface area (TPSA) is 75.2 Å². The van der Waals surface area contributed by atoms with Crippen LogP contribution in [0.25, 0.3) is 0 Å². The lowest BCUT2D eigenvalue weighted by Gasteiger charge is -2.28. The van der Waals surface area contributed by atoms with E-state index >= 15 is 0 Å². The molecule has 0 aromatic carbocycles. The molecule has 1 amide bonds. The standard InChI is InChI=1S/C16H21N3O3S/c1-4-12(3)19(9-13-11(2)6-8-23-13)15(21)10-18-7-5-14(20)17-16(18)22/h5-8,12H,4,9-10H2,1-3H3,(H,17,20,22)/t12-/m0/s1. The lowest BCUT2D eigenvalue weighted by Crippen LogP contribution is -2.42. The summed E-state index contributed by atoms with van der Waals surface area (Å²) in [5, 5.41) is 2.01. The SMILES string of the molecule is CC[C@H](C)N(Cc1sccc1C)C(=O)Cn1ccc(=O)[nH]c1=O. The minimum absolute atomic E-state index is 0.0717. The number of nitrogens with zero attached hydrogens (tertiary/aromatic N) is 2. The van der Waals surface area contributed by atoms with Crippen LogP contribution in [0.15, 0.2) is 33.3 Å². The van der Waals surface area contributed by atoms with Crippen molar-refractivity contribution in [2.75, 3.05) is 0 Å². The number of hydrogen-bond acceptors (Lipinski definition) is 4. The predicted octanol–water partition coefficient (Wildman–Crippen LogP) is 1.73. The predicted molar refractivity (Wildman–Crippen MR) is 90.7 cm³/mol. The van der Waals surface area contributed by atoms with Crippen LogP contribution in [0.1, 0.15) is 30.7 Å². The summed E-state index contributed by atoms with van der Waals surface area (Å²) in [6.07, 6.45) is 2.18. The molecule has 0 saturated heterocycles. The Labute approximate surface area is 138 Å². The van der Waals surface area contributed by atoms with Gasteiger partial charge in [0, 0.05) is 23.2 Å². The first-order valence-corrected chi connectivity index (χ1v) is 8.42. The van der Waals surface area contributed by atoms with Crippen LogP contribution in [0.2, 0.25) is 0 Å². The van der Waals surface area contributed by atoms with Crippen molar-refractivity contribution in [3.8, 4) is 0 Å². The molecule has 2 heterocycles. The zero-order chi connectivity index (χ0) is 17.0. The number of carbonyl (C=O) groups is 1. The molecule has 0 spiro atoms. The Balaban J connectivity index is 2.21. The zero-order valence-corrected chi connectivity index (χ0v) is 14.4. The quantitative estimate of drug-likeness (QED) is 0.873. The Bertz CT molecular complexity index is 790. The van der Waals surface area contributed by atoms with Crippen molar-refractivity contribution < 1.29 is 4.79 Å². The minimum Gasteiger partial charge on any atom is -0.333 e. The van der Waals surface area contributed by atoms with Crippen LogP contribution in [0.4, 0.5) is 0 Å². The van der Waals surface area contributed by atoms with Crippen LogP contribution in [0.3, 0.4) is 0 Å². The van der Waals surface area contributed by atoms with Crippen LogP contribution in [-0.2, 0) is 17.9 Å². The summed E-state index contributed by atoms with van der Waals surface area (Å²) in [6, 6.07) is 3.35. The first-order chi connectivity index (χ1) is 10.9. The monoisotopic (exact) mass is 335 g/mol. The zero-order valence-electron chi connectivity index (χ0n) is 13.5. The van der Waals surface area contributed by atoms with Crippen LogP contribution in [-0.4, -0.2) is 26.4 Å². The lowest BCUT2D eigenvalue weighted by molar-refractivity contribution is -0.134. The molecule has 7 heteroatoms. The van der Waals surface area contributed by atoms with Gasteiger partial charge in [0.05, 0.1) is 6.54 Å². The molecule has 0 aliphatic heterocycles. The largest absolute Gasteiger partial charge is 0.333 e. The molecular formula is C16H21N3O3S. The number of amides is 1. The lowest BCUT2D eigenvalue weighted by atomic mass is 10.2. The van der Waals surface area contributed by atoms with Crippen molar-refractivity contribution in [2.24, 2.45) is 0 Å². The van der Waals surface area contributed by atoms with E-state index in [0.29, 0.717) is 6.54 Å². The van der Waals surface area contributed by atoms with Gasteiger partial charge in [0.25, 0.3) is 5.56 Å². The smallest absolute Gasteiger partial charge is 0.328 e. The number of hydrogen-bond donors (Lipinski definition) is 1. The molecule has 0 saturated carbocycles. The summed E-state index contributed by atoms with van der Waals surface area (Å²) in [5.41, 5.74) is 0.131. The Morgan fingerprint density at radius 3 is 2.70 bits per heavy atom. The highest BCUT2D eigenvalue weighted by molar-refractivity contribution is 7.10. The van der Waals surface area contributed by atoms with E-state index in [2.05, 4.69) is 4.98 Å². The summed E-state index contributed by atoms with van der Waals surface area (Å²) >= 11 is 1.62. The second-order valence-corrected chi connectivity index (χ2v) is 6.54. The van der Waals surface area contributed by atoms with E-state index in [1.54, 1.807) is 16.2 Å². The van der Waals surface area contributed by atoms with E-state index in [1.807, 2.05) is 32.2 Å². The maximum Gasteiger partial charge on any atom is 0.328 e. The third kappa shape index (κ3) is 4.19. The van der Waals surface area contributed by atoms with Gasteiger partial charge >= 0.3 is 5.69 Å². The fraction of sp³-hybridized carbons (Fsp3) is 0.438. The highest BCUT2D eigenvalue weighted by Gasteiger charge is 2.21. The van der Waals surface area contributed by atoms with Crippen molar-refractivity contribution >= 4 is 17.2 Å². The number of nitrogens with one attached hydrogen (secondary N) is 1. The Morgan fingerprint density at radius 1 is 1.39 bits per heavy atom. The van der Waals surface area contributed by atoms with Gasteiger partial charge in [0.1, 0.15) is 6.54 Å². The van der Waals surface area contributed by atoms with Crippen molar-refractivity contribution in [3.63, 3.8) is 0 Å². The van der Waals surface area contributed by atoms with E-state index in [0.717, 1.165) is 16.9 Å². The van der Waals surface area contributed by atoms with Crippen molar-refractivity contribution in [3.05, 3.63) is 55.0 Å². The normalized spacial score (nSPS) is 12.1. The molecule has 2 aromatic rings. The molecule has 0 aliphatic carbocycles. The fourth-order valence-corrected chi connectivity index (χ4v) is 3.14. The average molecular weight is 335 g/mol. The van der Waals surface area contributed by atoms with Crippen LogP contribution in [0, 0.1) is 6.92 Å². The first kappa shape index (κ1) is 17.2. The van der Waals surface area contributed by atoms with Crippen LogP contribution in [0.5, 0.6) is 0 Å². The van der Waals surface area contributed by atoms with Crippen molar-refractivity contribution in [1.82, 2.24) is 14.5 Å². The van der Waals surface area contributed by atoms with Gasteiger partial charge in [-0.2, -0.15) is 0 Å². The molecule has 0 bridgehead atoms. The summed E-state index contributed by atoms with van der Waals surface area (Å²) in [4.78, 5) is 40.6. The van der Waals surface area contributed by atoms with Gasteiger partial charge in [-0.15, -0.1) is 11.3 Å². The molecule has 1 atom stereocenters. The summed E-state index contributed by atoms with van der Waals surface area (Å²) < 4.78 is 1.22. The number of carbonyl (C=O) groups excluding carboxylic acids is 1. The molecule has 1 N–H and O–H groups in total. The molecule has 2 aromatic heterocycles. The first-order valence-electron chi connectivity index (χ1n) is 7.54. The van der Waals surface area contributed by atoms with Crippen LogP contribution >= 0.6 is 11.3 Å². The molecule has 124 valence electrons. The number of aryl methyl sites for hydroxylation is 1. The van der Waals surface area contributed by atoms with Gasteiger partial charge in [-0.05, 0) is 37.3 Å². The highest BCUT2D eigenvalue weighted by Crippen LogP contribution is 2.20. The maximum atomic E-state index is 12.7. The van der Waals surface area contributed by atoms with Gasteiger partial charge in [0.15, 0.2) is 0 Å². The third-order valence-corrected chi connectivity index (χ3v) is 4.94. The second-order valence-electron chi connectivity index (χ2n) is 5.54. The summed E-state index contributed by atoms with van der Waals surface area (Å²) in [6.45, 7) is 6.51. The molecule has 23 heavy (non-hydrogen) atoms. The van der Waals surface area contributed by atoms with Gasteiger partial charge in [0.2, 0.25) is 5.91 Å². The van der Waals surface area contributed by atoms with E-state index < -0.39 is 11.2 Å². The van der Waals surface area contributed by atoms with Gasteiger partial charge in [-0.1, -0.05) is 6.92 Å². The number of H-pyrrole nitrogens is 1. The number of thiophene rings is 1. The number of aromatic amines is 1. The van der Waals surface area contributed by atoms with Gasteiger partial charge < -0.3 is 4.90 Å². The molecule has 6 nitrogen and oxygen atoms in total. The molecule has 0 radical (unpaired) electrons. The average Bonchev–Trinajstić information content (AvgIpc) is 2.92. The third-order valence-electron chi connectivity index (χ3n) is 3.93. The second kappa shape index (κ2) is 7.41. The van der Waals surface area contributed by atoms with Gasteiger partial charge in [-0.25, -0.2) is 4.79 Å². The highest BCUT2D eigenvalue weighted by atomic mass is 32.1. The minimum atomic E-state index is -0.567. The molecule has 0 fully saturated rings. The van der Waals surface area contributed by atoms with E-state index in [1.165, 1.54) is 16.8 Å². The van der Waals surface area contributed by atoms with Crippen molar-refractivity contribution in [1.29, 1.82) is 0 Å². The summed E-state index contributed by atoms with van der Waals surface area (Å²) in [5.74, 6) is -0.138. The molecule has 2 rings (SSSR count). The number of aromatic nitrogens is 2. The fourth-order valence-electron chi connectivity index (χ4n) is 2.24. The molecular weight excluding hydrogens is 314 g/mol. The van der Waals surface area contributed by atoms with Gasteiger partial charge in [-0.3, -0.25) is 19.1 Å². The summed E-state index contributed by atoms with van der Waals surface area (Å²) in [7, 11) is 0. The van der Waals surface area contributed by atoms with Crippen molar-refractivity contribution in [2.45, 2.75) is 46.3 Å². The maximum absolute atomic E-state index is 12.7.